The van der Waals surface area contributed by atoms with Gasteiger partial charge in [0.1, 0.15) is 5.75 Å². The number of phenols is 1. The molecule has 0 heterocycles. The van der Waals surface area contributed by atoms with Gasteiger partial charge < -0.3 is 21.5 Å². The minimum atomic E-state index is -0.266. The lowest BCUT2D eigenvalue weighted by atomic mass is 10.2. The first-order chi connectivity index (χ1) is 6.99. The van der Waals surface area contributed by atoms with Gasteiger partial charge >= 0.3 is 0 Å². The average Bonchev–Trinajstić information content (AvgIpc) is 2.09. The van der Waals surface area contributed by atoms with E-state index in [9.17, 15) is 9.90 Å². The zero-order valence-corrected chi connectivity index (χ0v) is 8.89. The van der Waals surface area contributed by atoms with Gasteiger partial charge in [0.05, 0.1) is 5.69 Å². The van der Waals surface area contributed by atoms with Crippen LogP contribution in [0.15, 0.2) is 18.2 Å². The smallest absolute Gasteiger partial charge is 0.221 e. The maximum absolute atomic E-state index is 10.8. The van der Waals surface area contributed by atoms with Crippen LogP contribution in [0, 0.1) is 0 Å². The maximum Gasteiger partial charge on any atom is 0.221 e. The van der Waals surface area contributed by atoms with Crippen LogP contribution in [0.3, 0.4) is 0 Å². The van der Waals surface area contributed by atoms with Crippen LogP contribution in [0.1, 0.15) is 6.92 Å². The van der Waals surface area contributed by atoms with E-state index in [0.717, 1.165) is 0 Å². The van der Waals surface area contributed by atoms with E-state index in [-0.39, 0.29) is 16.8 Å². The normalized spacial score (nSPS) is 9.40. The molecule has 15 heavy (non-hydrogen) atoms. The molecule has 0 saturated carbocycles. The number of carbonyl (C=O) groups is 1. The highest BCUT2D eigenvalue weighted by atomic mass is 32.1. The standard InChI is InChI=1S/C9H11N3O2S/c1-5(13)11-7-4-6(12-9(10)15)2-3-8(7)14/h2-4,14H,1H3,(H,11,13)(H3,10,12,15). The Morgan fingerprint density at radius 3 is 2.67 bits per heavy atom. The molecular formula is C9H11N3O2S. The number of amides is 1. The van der Waals surface area contributed by atoms with Gasteiger partial charge in [0.2, 0.25) is 5.91 Å². The van der Waals surface area contributed by atoms with E-state index in [1.165, 1.54) is 19.1 Å². The van der Waals surface area contributed by atoms with Crippen molar-refractivity contribution in [3.05, 3.63) is 18.2 Å². The van der Waals surface area contributed by atoms with Crippen LogP contribution >= 0.6 is 12.2 Å². The highest BCUT2D eigenvalue weighted by Gasteiger charge is 2.04. The molecule has 1 amide bonds. The van der Waals surface area contributed by atoms with Crippen molar-refractivity contribution >= 4 is 34.6 Å². The summed E-state index contributed by atoms with van der Waals surface area (Å²) in [4.78, 5) is 10.8. The van der Waals surface area contributed by atoms with Crippen LogP contribution in [-0.4, -0.2) is 16.1 Å². The summed E-state index contributed by atoms with van der Waals surface area (Å²) in [5, 5.41) is 14.7. The first-order valence-corrected chi connectivity index (χ1v) is 4.57. The van der Waals surface area contributed by atoms with Crippen LogP contribution in [-0.2, 0) is 4.79 Å². The molecule has 0 radical (unpaired) electrons. The lowest BCUT2D eigenvalue weighted by Gasteiger charge is -2.08. The Morgan fingerprint density at radius 2 is 2.13 bits per heavy atom. The van der Waals surface area contributed by atoms with Crippen LogP contribution in [0.2, 0.25) is 0 Å². The number of nitrogens with two attached hydrogens (primary N) is 1. The molecule has 0 bridgehead atoms. The Bertz CT molecular complexity index is 406. The molecule has 5 nitrogen and oxygen atoms in total. The number of benzene rings is 1. The molecule has 0 spiro atoms. The van der Waals surface area contributed by atoms with Crippen LogP contribution < -0.4 is 16.4 Å². The van der Waals surface area contributed by atoms with E-state index in [4.69, 9.17) is 5.73 Å². The summed E-state index contributed by atoms with van der Waals surface area (Å²) in [7, 11) is 0. The fourth-order valence-corrected chi connectivity index (χ4v) is 1.16. The number of rotatable bonds is 2. The molecule has 6 heteroatoms. The lowest BCUT2D eigenvalue weighted by molar-refractivity contribution is -0.114. The molecule has 80 valence electrons. The third kappa shape index (κ3) is 3.43. The number of phenolic OH excluding ortho intramolecular Hbond substituents is 1. The van der Waals surface area contributed by atoms with Crippen molar-refractivity contribution in [3.63, 3.8) is 0 Å². The number of carbonyl (C=O) groups excluding carboxylic acids is 1. The molecule has 0 aromatic heterocycles. The van der Waals surface area contributed by atoms with Crippen molar-refractivity contribution in [1.82, 2.24) is 0 Å². The molecule has 5 N–H and O–H groups in total. The minimum Gasteiger partial charge on any atom is -0.506 e. The van der Waals surface area contributed by atoms with Crippen molar-refractivity contribution in [2.45, 2.75) is 6.92 Å². The van der Waals surface area contributed by atoms with Crippen molar-refractivity contribution in [2.75, 3.05) is 10.6 Å². The molecule has 0 unspecified atom stereocenters. The van der Waals surface area contributed by atoms with Crippen LogP contribution in [0.25, 0.3) is 0 Å². The highest BCUT2D eigenvalue weighted by Crippen LogP contribution is 2.26. The van der Waals surface area contributed by atoms with E-state index >= 15 is 0 Å². The predicted molar refractivity (Wildman–Crippen MR) is 62.8 cm³/mol. The Labute approximate surface area is 92.3 Å². The molecule has 1 rings (SSSR count). The van der Waals surface area contributed by atoms with Gasteiger partial charge in [-0.1, -0.05) is 0 Å². The molecule has 0 aliphatic rings. The second-order valence-corrected chi connectivity index (χ2v) is 3.34. The van der Waals surface area contributed by atoms with Gasteiger partial charge in [-0.05, 0) is 30.4 Å². The zero-order valence-electron chi connectivity index (χ0n) is 8.07. The number of hydrogen-bond acceptors (Lipinski definition) is 3. The third-order valence-electron chi connectivity index (χ3n) is 1.57. The van der Waals surface area contributed by atoms with Crippen LogP contribution in [0.4, 0.5) is 11.4 Å². The maximum atomic E-state index is 10.8. The molecule has 0 atom stereocenters. The number of thiocarbonyl (C=S) groups is 1. The summed E-state index contributed by atoms with van der Waals surface area (Å²) in [6.45, 7) is 1.35. The first kappa shape index (κ1) is 11.3. The molecule has 0 aliphatic heterocycles. The monoisotopic (exact) mass is 225 g/mol. The molecule has 1 aromatic carbocycles. The first-order valence-electron chi connectivity index (χ1n) is 4.16. The SMILES string of the molecule is CC(=O)Nc1cc(NC(N)=S)ccc1O. The van der Waals surface area contributed by atoms with Crippen molar-refractivity contribution < 1.29 is 9.90 Å². The second-order valence-electron chi connectivity index (χ2n) is 2.90. The van der Waals surface area contributed by atoms with E-state index < -0.39 is 0 Å². The number of hydrogen-bond donors (Lipinski definition) is 4. The van der Waals surface area contributed by atoms with Gasteiger partial charge in [0.15, 0.2) is 5.11 Å². The van der Waals surface area contributed by atoms with Crippen molar-refractivity contribution in [3.8, 4) is 5.75 Å². The molecular weight excluding hydrogens is 214 g/mol. The Kier molecular flexibility index (Phi) is 3.46. The summed E-state index contributed by atoms with van der Waals surface area (Å²) in [5.41, 5.74) is 6.19. The quantitative estimate of drug-likeness (QED) is 0.343. The number of anilines is 2. The molecule has 0 fully saturated rings. The Hall–Kier alpha value is -1.82. The van der Waals surface area contributed by atoms with Gasteiger partial charge in [-0.15, -0.1) is 0 Å². The van der Waals surface area contributed by atoms with E-state index in [1.54, 1.807) is 6.07 Å². The van der Waals surface area contributed by atoms with Gasteiger partial charge in [-0.3, -0.25) is 4.79 Å². The fourth-order valence-electron chi connectivity index (χ4n) is 1.05. The molecule has 1 aromatic rings. The summed E-state index contributed by atoms with van der Waals surface area (Å²) < 4.78 is 0. The Morgan fingerprint density at radius 1 is 1.47 bits per heavy atom. The van der Waals surface area contributed by atoms with Crippen LogP contribution in [0.5, 0.6) is 5.75 Å². The Balaban J connectivity index is 2.94. The largest absolute Gasteiger partial charge is 0.506 e. The topological polar surface area (TPSA) is 87.4 Å². The molecule has 0 saturated heterocycles. The van der Waals surface area contributed by atoms with E-state index in [2.05, 4.69) is 22.9 Å². The zero-order chi connectivity index (χ0) is 11.4. The average molecular weight is 225 g/mol. The second kappa shape index (κ2) is 4.61. The van der Waals surface area contributed by atoms with Gasteiger partial charge in [-0.2, -0.15) is 0 Å². The predicted octanol–water partition coefficient (Wildman–Crippen LogP) is 1.01. The van der Waals surface area contributed by atoms with E-state index in [1.807, 2.05) is 0 Å². The minimum absolute atomic E-state index is 0.0151. The van der Waals surface area contributed by atoms with E-state index in [0.29, 0.717) is 11.4 Å². The number of aromatic hydroxyl groups is 1. The van der Waals surface area contributed by atoms with Gasteiger partial charge in [0.25, 0.3) is 0 Å². The summed E-state index contributed by atoms with van der Waals surface area (Å²) in [6.07, 6.45) is 0. The van der Waals surface area contributed by atoms with Gasteiger partial charge in [0, 0.05) is 12.6 Å². The highest BCUT2D eigenvalue weighted by molar-refractivity contribution is 7.80. The van der Waals surface area contributed by atoms with Crippen molar-refractivity contribution in [2.24, 2.45) is 5.73 Å². The summed E-state index contributed by atoms with van der Waals surface area (Å²) >= 11 is 4.66. The number of nitrogens with one attached hydrogen (secondary N) is 2. The summed E-state index contributed by atoms with van der Waals surface area (Å²) in [5.74, 6) is -0.281. The lowest BCUT2D eigenvalue weighted by Crippen LogP contribution is -2.19. The fraction of sp³-hybridized carbons (Fsp3) is 0.111. The summed E-state index contributed by atoms with van der Waals surface area (Å²) in [6, 6.07) is 4.57. The molecule has 0 aliphatic carbocycles. The van der Waals surface area contributed by atoms with Gasteiger partial charge in [-0.25, -0.2) is 0 Å². The van der Waals surface area contributed by atoms with Crippen molar-refractivity contribution in [1.29, 1.82) is 0 Å². The third-order valence-corrected chi connectivity index (χ3v) is 1.68.